The number of benzene rings is 2. The summed E-state index contributed by atoms with van der Waals surface area (Å²) in [5, 5.41) is 3.71. The molecule has 2 rings (SSSR count). The van der Waals surface area contributed by atoms with E-state index in [1.807, 2.05) is 6.92 Å². The van der Waals surface area contributed by atoms with E-state index >= 15 is 0 Å². The Morgan fingerprint density at radius 1 is 1.10 bits per heavy atom. The molecule has 29 heavy (non-hydrogen) atoms. The van der Waals surface area contributed by atoms with E-state index in [0.29, 0.717) is 27.7 Å². The Balaban J connectivity index is 2.24. The third-order valence-corrected chi connectivity index (χ3v) is 5.36. The monoisotopic (exact) mass is 438 g/mol. The molecule has 0 aliphatic rings. The summed E-state index contributed by atoms with van der Waals surface area (Å²) in [4.78, 5) is 27.1. The smallest absolute Gasteiger partial charge is 0.242 e. The third kappa shape index (κ3) is 6.72. The van der Waals surface area contributed by atoms with Gasteiger partial charge in [-0.25, -0.2) is 4.39 Å². The molecular weight excluding hydrogens is 414 g/mol. The van der Waals surface area contributed by atoms with Crippen LogP contribution in [0.2, 0.25) is 10.0 Å². The summed E-state index contributed by atoms with van der Waals surface area (Å²) in [6, 6.07) is 10.1. The van der Waals surface area contributed by atoms with Crippen LogP contribution in [0.1, 0.15) is 37.8 Å². The highest BCUT2D eigenvalue weighted by atomic mass is 35.5. The van der Waals surface area contributed by atoms with Crippen molar-refractivity contribution in [3.05, 3.63) is 69.5 Å². The molecule has 2 aromatic rings. The quantitative estimate of drug-likeness (QED) is 0.559. The van der Waals surface area contributed by atoms with Crippen molar-refractivity contribution in [1.82, 2.24) is 10.2 Å². The average Bonchev–Trinajstić information content (AvgIpc) is 2.69. The first-order valence-electron chi connectivity index (χ1n) is 9.58. The van der Waals surface area contributed by atoms with Crippen molar-refractivity contribution < 1.29 is 14.0 Å². The lowest BCUT2D eigenvalue weighted by Crippen LogP contribution is -2.48. The van der Waals surface area contributed by atoms with Crippen molar-refractivity contribution in [2.75, 3.05) is 6.54 Å². The maximum Gasteiger partial charge on any atom is 0.242 e. The van der Waals surface area contributed by atoms with Gasteiger partial charge < -0.3 is 10.2 Å². The number of rotatable bonds is 9. The third-order valence-electron chi connectivity index (χ3n) is 4.66. The number of carbonyl (C=O) groups is 2. The van der Waals surface area contributed by atoms with Crippen molar-refractivity contribution in [3.63, 3.8) is 0 Å². The fourth-order valence-electron chi connectivity index (χ4n) is 2.85. The van der Waals surface area contributed by atoms with E-state index in [2.05, 4.69) is 5.32 Å². The molecule has 4 nitrogen and oxygen atoms in total. The van der Waals surface area contributed by atoms with E-state index in [0.717, 1.165) is 12.8 Å². The summed E-state index contributed by atoms with van der Waals surface area (Å²) in [6.07, 6.45) is 1.85. The molecule has 1 N–H and O–H groups in total. The molecule has 2 aromatic carbocycles. The Hall–Kier alpha value is -2.11. The SMILES string of the molecule is CCCCNC(=O)[C@@H](C)N(Cc1c(Cl)cccc1Cl)C(=O)Cc1ccc(F)cc1. The molecule has 0 saturated carbocycles. The Morgan fingerprint density at radius 3 is 2.31 bits per heavy atom. The van der Waals surface area contributed by atoms with E-state index in [1.165, 1.54) is 17.0 Å². The summed E-state index contributed by atoms with van der Waals surface area (Å²) in [5.74, 6) is -0.885. The van der Waals surface area contributed by atoms with E-state index < -0.39 is 6.04 Å². The van der Waals surface area contributed by atoms with E-state index in [1.54, 1.807) is 37.3 Å². The molecule has 0 heterocycles. The van der Waals surface area contributed by atoms with Crippen LogP contribution in [0, 0.1) is 5.82 Å². The maximum atomic E-state index is 13.2. The van der Waals surface area contributed by atoms with Crippen molar-refractivity contribution in [2.45, 2.75) is 45.7 Å². The lowest BCUT2D eigenvalue weighted by Gasteiger charge is -2.29. The van der Waals surface area contributed by atoms with E-state index in [9.17, 15) is 14.0 Å². The molecule has 0 aliphatic carbocycles. The number of halogens is 3. The van der Waals surface area contributed by atoms with Crippen molar-refractivity contribution >= 4 is 35.0 Å². The van der Waals surface area contributed by atoms with Gasteiger partial charge in [-0.1, -0.05) is 54.7 Å². The van der Waals surface area contributed by atoms with Crippen LogP contribution >= 0.6 is 23.2 Å². The second-order valence-electron chi connectivity index (χ2n) is 6.85. The van der Waals surface area contributed by atoms with Gasteiger partial charge in [0.2, 0.25) is 11.8 Å². The first-order valence-corrected chi connectivity index (χ1v) is 10.3. The molecule has 0 saturated heterocycles. The van der Waals surface area contributed by atoms with Crippen LogP contribution in [0.25, 0.3) is 0 Å². The van der Waals surface area contributed by atoms with E-state index in [4.69, 9.17) is 23.2 Å². The topological polar surface area (TPSA) is 49.4 Å². The summed E-state index contributed by atoms with van der Waals surface area (Å²) < 4.78 is 13.2. The normalized spacial score (nSPS) is 11.8. The molecule has 0 bridgehead atoms. The number of nitrogens with zero attached hydrogens (tertiary/aromatic N) is 1. The number of hydrogen-bond acceptors (Lipinski definition) is 2. The van der Waals surface area contributed by atoms with Gasteiger partial charge in [0, 0.05) is 28.7 Å². The predicted octanol–water partition coefficient (Wildman–Crippen LogP) is 5.01. The Labute approximate surface area is 181 Å². The van der Waals surface area contributed by atoms with Crippen molar-refractivity contribution in [2.24, 2.45) is 0 Å². The molecule has 7 heteroatoms. The van der Waals surface area contributed by atoms with Crippen LogP contribution in [-0.4, -0.2) is 29.3 Å². The summed E-state index contributed by atoms with van der Waals surface area (Å²) in [6.45, 7) is 4.36. The van der Waals surface area contributed by atoms with Gasteiger partial charge in [0.1, 0.15) is 11.9 Å². The highest BCUT2D eigenvalue weighted by molar-refractivity contribution is 6.36. The molecule has 0 aliphatic heterocycles. The van der Waals surface area contributed by atoms with Crippen LogP contribution in [-0.2, 0) is 22.6 Å². The second kappa shape index (κ2) is 11.2. The van der Waals surface area contributed by atoms with Gasteiger partial charge in [0.25, 0.3) is 0 Å². The van der Waals surface area contributed by atoms with Gasteiger partial charge in [0.05, 0.1) is 6.42 Å². The highest BCUT2D eigenvalue weighted by Crippen LogP contribution is 2.27. The highest BCUT2D eigenvalue weighted by Gasteiger charge is 2.27. The molecule has 1 atom stereocenters. The van der Waals surface area contributed by atoms with Gasteiger partial charge in [-0.3, -0.25) is 9.59 Å². The van der Waals surface area contributed by atoms with Crippen LogP contribution in [0.4, 0.5) is 4.39 Å². The summed E-state index contributed by atoms with van der Waals surface area (Å²) in [7, 11) is 0. The van der Waals surface area contributed by atoms with Gasteiger partial charge in [0.15, 0.2) is 0 Å². The second-order valence-corrected chi connectivity index (χ2v) is 7.66. The molecule has 0 fully saturated rings. The van der Waals surface area contributed by atoms with Crippen LogP contribution in [0.3, 0.4) is 0 Å². The van der Waals surface area contributed by atoms with Gasteiger partial charge in [-0.2, -0.15) is 0 Å². The molecule has 0 spiro atoms. The van der Waals surface area contributed by atoms with Crippen molar-refractivity contribution in [3.8, 4) is 0 Å². The van der Waals surface area contributed by atoms with Gasteiger partial charge in [-0.15, -0.1) is 0 Å². The lowest BCUT2D eigenvalue weighted by molar-refractivity contribution is -0.140. The van der Waals surface area contributed by atoms with Crippen molar-refractivity contribution in [1.29, 1.82) is 0 Å². The Bertz CT molecular complexity index is 823. The zero-order chi connectivity index (χ0) is 21.4. The van der Waals surface area contributed by atoms with E-state index in [-0.39, 0.29) is 30.6 Å². The minimum absolute atomic E-state index is 0.0366. The average molecular weight is 439 g/mol. The number of carbonyl (C=O) groups excluding carboxylic acids is 2. The van der Waals surface area contributed by atoms with Crippen LogP contribution in [0.15, 0.2) is 42.5 Å². The van der Waals surface area contributed by atoms with Crippen LogP contribution in [0.5, 0.6) is 0 Å². The zero-order valence-electron chi connectivity index (χ0n) is 16.6. The van der Waals surface area contributed by atoms with Crippen LogP contribution < -0.4 is 5.32 Å². The first kappa shape index (κ1) is 23.2. The molecule has 0 aromatic heterocycles. The fourth-order valence-corrected chi connectivity index (χ4v) is 3.37. The lowest BCUT2D eigenvalue weighted by atomic mass is 10.1. The first-order chi connectivity index (χ1) is 13.8. The molecule has 156 valence electrons. The fraction of sp³-hybridized carbons (Fsp3) is 0.364. The Kier molecular flexibility index (Phi) is 8.93. The maximum absolute atomic E-state index is 13.2. The number of amides is 2. The largest absolute Gasteiger partial charge is 0.354 e. The molecular formula is C22H25Cl2FN2O2. The summed E-state index contributed by atoms with van der Waals surface area (Å²) in [5.41, 5.74) is 1.24. The minimum Gasteiger partial charge on any atom is -0.354 e. The molecule has 2 amide bonds. The number of unbranched alkanes of at least 4 members (excludes halogenated alkanes) is 1. The van der Waals surface area contributed by atoms with Gasteiger partial charge in [-0.05, 0) is 43.2 Å². The Morgan fingerprint density at radius 2 is 1.72 bits per heavy atom. The standard InChI is InChI=1S/C22H25Cl2FN2O2/c1-3-4-12-26-22(29)15(2)27(14-18-19(23)6-5-7-20(18)24)21(28)13-16-8-10-17(25)11-9-16/h5-11,15H,3-4,12-14H2,1-2H3,(H,26,29)/t15-/m1/s1. The van der Waals surface area contributed by atoms with Gasteiger partial charge >= 0.3 is 0 Å². The zero-order valence-corrected chi connectivity index (χ0v) is 18.1. The number of nitrogens with one attached hydrogen (secondary N) is 1. The minimum atomic E-state index is -0.716. The number of hydrogen-bond donors (Lipinski definition) is 1. The molecule has 0 radical (unpaired) electrons. The predicted molar refractivity (Wildman–Crippen MR) is 114 cm³/mol. The molecule has 0 unspecified atom stereocenters. The summed E-state index contributed by atoms with van der Waals surface area (Å²) >= 11 is 12.6.